The van der Waals surface area contributed by atoms with E-state index >= 15 is 0 Å². The van der Waals surface area contributed by atoms with Crippen molar-refractivity contribution in [3.05, 3.63) is 60.2 Å². The summed E-state index contributed by atoms with van der Waals surface area (Å²) in [5.41, 5.74) is 0.914. The van der Waals surface area contributed by atoms with Crippen molar-refractivity contribution < 1.29 is 17.7 Å². The Bertz CT molecular complexity index is 879. The summed E-state index contributed by atoms with van der Waals surface area (Å²) in [7, 11) is -7.39. The largest absolute Gasteiger partial charge is 0.392 e. The molecule has 1 N–H and O–H groups in total. The maximum absolute atomic E-state index is 13.1. The summed E-state index contributed by atoms with van der Waals surface area (Å²) in [6.45, 7) is 3.30. The predicted molar refractivity (Wildman–Crippen MR) is 90.2 cm³/mol. The molecule has 2 aromatic carbocycles. The van der Waals surface area contributed by atoms with E-state index in [9.17, 15) is 17.7 Å². The molecule has 0 bridgehead atoms. The van der Waals surface area contributed by atoms with Gasteiger partial charge in [0.15, 0.2) is 0 Å². The van der Waals surface area contributed by atoms with E-state index < -0.39 is 25.9 Å². The molecule has 1 unspecified atom stereocenters. The van der Waals surface area contributed by atoms with Crippen LogP contribution in [0, 0.1) is 6.92 Å². The van der Waals surface area contributed by atoms with Crippen LogP contribution < -0.4 is 0 Å². The zero-order valence-corrected chi connectivity index (χ0v) is 14.5. The number of hydrogen-bond donors (Lipinski definition) is 1. The molecule has 0 saturated carbocycles. The highest BCUT2D eigenvalue weighted by Crippen LogP contribution is 2.21. The molecule has 0 radical (unpaired) electrons. The zero-order chi connectivity index (χ0) is 17.1. The number of aliphatic hydroxyl groups excluding tert-OH is 1. The number of rotatable bonds is 5. The van der Waals surface area contributed by atoms with Crippen LogP contribution in [-0.4, -0.2) is 29.6 Å². The van der Waals surface area contributed by atoms with Gasteiger partial charge in [-0.3, -0.25) is 0 Å². The molecule has 0 aliphatic carbocycles. The number of hydrogen-bond acceptors (Lipinski definition) is 4. The van der Waals surface area contributed by atoms with E-state index in [2.05, 4.69) is 3.77 Å². The molecule has 0 aliphatic heterocycles. The Hall–Kier alpha value is -1.70. The van der Waals surface area contributed by atoms with Crippen LogP contribution in [-0.2, 0) is 19.8 Å². The predicted octanol–water partition coefficient (Wildman–Crippen LogP) is 2.59. The second kappa shape index (κ2) is 6.82. The number of sulfonamides is 1. The van der Waals surface area contributed by atoms with Gasteiger partial charge < -0.3 is 5.11 Å². The first-order valence-corrected chi connectivity index (χ1v) is 10.2. The van der Waals surface area contributed by atoms with Gasteiger partial charge in [-0.2, -0.15) is 8.42 Å². The minimum Gasteiger partial charge on any atom is -0.392 e. The quantitative estimate of drug-likeness (QED) is 0.895. The Kier molecular flexibility index (Phi) is 5.23. The normalized spacial score (nSPS) is 15.6. The SMILES string of the molecule is Cc1ccc(S(=O)(=O)N=S(=O)(C[C@@H](C)O)c2ccccc2)cc1. The summed E-state index contributed by atoms with van der Waals surface area (Å²) >= 11 is 0. The highest BCUT2D eigenvalue weighted by atomic mass is 32.3. The fourth-order valence-electron chi connectivity index (χ4n) is 2.04. The van der Waals surface area contributed by atoms with E-state index in [1.165, 1.54) is 19.1 Å². The summed E-state index contributed by atoms with van der Waals surface area (Å²) in [5.74, 6) is -0.248. The second-order valence-corrected chi connectivity index (χ2v) is 9.44. The summed E-state index contributed by atoms with van der Waals surface area (Å²) in [4.78, 5) is 0.272. The maximum Gasteiger partial charge on any atom is 0.290 e. The van der Waals surface area contributed by atoms with Crippen molar-refractivity contribution in [3.8, 4) is 0 Å². The van der Waals surface area contributed by atoms with Gasteiger partial charge in [0.1, 0.15) is 0 Å². The first-order valence-electron chi connectivity index (χ1n) is 7.04. The van der Waals surface area contributed by atoms with E-state index in [0.29, 0.717) is 0 Å². The van der Waals surface area contributed by atoms with Gasteiger partial charge in [0.25, 0.3) is 10.0 Å². The Balaban J connectivity index is 2.61. The topological polar surface area (TPSA) is 83.8 Å². The highest BCUT2D eigenvalue weighted by Gasteiger charge is 2.22. The van der Waals surface area contributed by atoms with E-state index in [4.69, 9.17) is 0 Å². The van der Waals surface area contributed by atoms with Gasteiger partial charge in [-0.15, -0.1) is 3.77 Å². The molecule has 5 nitrogen and oxygen atoms in total. The van der Waals surface area contributed by atoms with Crippen LogP contribution in [0.25, 0.3) is 0 Å². The Morgan fingerprint density at radius 3 is 2.04 bits per heavy atom. The lowest BCUT2D eigenvalue weighted by Crippen LogP contribution is -2.19. The fourth-order valence-corrected chi connectivity index (χ4v) is 6.15. The molecule has 124 valence electrons. The number of nitrogens with zero attached hydrogens (tertiary/aromatic N) is 1. The minimum absolute atomic E-state index is 0.0163. The molecule has 0 aliphatic rings. The molecule has 0 saturated heterocycles. The van der Waals surface area contributed by atoms with Gasteiger partial charge in [-0.1, -0.05) is 35.9 Å². The Morgan fingerprint density at radius 1 is 0.957 bits per heavy atom. The van der Waals surface area contributed by atoms with Crippen molar-refractivity contribution in [2.75, 3.05) is 5.75 Å². The van der Waals surface area contributed by atoms with Crippen LogP contribution in [0.2, 0.25) is 0 Å². The van der Waals surface area contributed by atoms with Gasteiger partial charge in [0, 0.05) is 4.90 Å². The van der Waals surface area contributed by atoms with Gasteiger partial charge >= 0.3 is 0 Å². The van der Waals surface area contributed by atoms with Crippen molar-refractivity contribution in [1.82, 2.24) is 0 Å². The third-order valence-electron chi connectivity index (χ3n) is 3.12. The molecule has 7 heteroatoms. The molecule has 2 aromatic rings. The summed E-state index contributed by atoms with van der Waals surface area (Å²) in [6, 6.07) is 14.3. The van der Waals surface area contributed by atoms with Crippen LogP contribution in [0.4, 0.5) is 0 Å². The molecule has 0 amide bonds. The minimum atomic E-state index is -4.09. The van der Waals surface area contributed by atoms with Crippen molar-refractivity contribution in [1.29, 1.82) is 0 Å². The average Bonchev–Trinajstić information content (AvgIpc) is 2.47. The second-order valence-electron chi connectivity index (χ2n) is 5.33. The maximum atomic E-state index is 13.1. The highest BCUT2D eigenvalue weighted by molar-refractivity contribution is 8.03. The van der Waals surface area contributed by atoms with Crippen molar-refractivity contribution >= 4 is 19.8 Å². The Morgan fingerprint density at radius 2 is 1.52 bits per heavy atom. The van der Waals surface area contributed by atoms with E-state index in [1.807, 2.05) is 6.92 Å². The van der Waals surface area contributed by atoms with Gasteiger partial charge in [-0.05, 0) is 38.1 Å². The third-order valence-corrected chi connectivity index (χ3v) is 7.68. The van der Waals surface area contributed by atoms with Crippen molar-refractivity contribution in [3.63, 3.8) is 0 Å². The molecule has 0 aromatic heterocycles. The average molecular weight is 353 g/mol. The molecule has 0 heterocycles. The molecular formula is C16H19NO4S2. The van der Waals surface area contributed by atoms with Crippen molar-refractivity contribution in [2.45, 2.75) is 29.7 Å². The fraction of sp³-hybridized carbons (Fsp3) is 0.250. The third kappa shape index (κ3) is 4.40. The molecular weight excluding hydrogens is 334 g/mol. The van der Waals surface area contributed by atoms with Crippen LogP contribution in [0.3, 0.4) is 0 Å². The molecule has 0 spiro atoms. The van der Waals surface area contributed by atoms with Crippen LogP contribution in [0.5, 0.6) is 0 Å². The van der Waals surface area contributed by atoms with Gasteiger partial charge in [0.2, 0.25) is 0 Å². The van der Waals surface area contributed by atoms with E-state index in [1.54, 1.807) is 42.5 Å². The zero-order valence-electron chi connectivity index (χ0n) is 12.9. The standard InChI is InChI=1S/C16H19NO4S2/c1-13-8-10-16(11-9-13)23(20,21)17-22(19,12-14(2)18)15-6-4-3-5-7-15/h3-11,14,18H,12H2,1-2H3/t14-,22?/m1/s1. The monoisotopic (exact) mass is 353 g/mol. The Labute approximate surface area is 137 Å². The summed E-state index contributed by atoms with van der Waals surface area (Å²) in [5, 5.41) is 9.62. The van der Waals surface area contributed by atoms with E-state index in [-0.39, 0.29) is 15.5 Å². The smallest absolute Gasteiger partial charge is 0.290 e. The summed E-state index contributed by atoms with van der Waals surface area (Å²) < 4.78 is 41.8. The lowest BCUT2D eigenvalue weighted by atomic mass is 10.2. The van der Waals surface area contributed by atoms with Crippen molar-refractivity contribution in [2.24, 2.45) is 3.77 Å². The lowest BCUT2D eigenvalue weighted by molar-refractivity contribution is 0.219. The first kappa shape index (κ1) is 17.7. The summed E-state index contributed by atoms with van der Waals surface area (Å²) in [6.07, 6.45) is -0.945. The molecule has 2 atom stereocenters. The first-order chi connectivity index (χ1) is 10.7. The van der Waals surface area contributed by atoms with Crippen LogP contribution in [0.1, 0.15) is 12.5 Å². The number of benzene rings is 2. The van der Waals surface area contributed by atoms with Crippen LogP contribution in [0.15, 0.2) is 68.2 Å². The molecule has 23 heavy (non-hydrogen) atoms. The number of aliphatic hydroxyl groups is 1. The molecule has 2 rings (SSSR count). The number of aryl methyl sites for hydroxylation is 1. The molecule has 0 fully saturated rings. The lowest BCUT2D eigenvalue weighted by Gasteiger charge is -2.12. The van der Waals surface area contributed by atoms with Gasteiger partial charge in [0.05, 0.1) is 26.5 Å². The van der Waals surface area contributed by atoms with E-state index in [0.717, 1.165) is 5.56 Å². The van der Waals surface area contributed by atoms with Crippen LogP contribution >= 0.6 is 0 Å². The van der Waals surface area contributed by atoms with Gasteiger partial charge in [-0.25, -0.2) is 4.21 Å².